The highest BCUT2D eigenvalue weighted by Crippen LogP contribution is 2.00. The van der Waals surface area contributed by atoms with Crippen molar-refractivity contribution in [2.45, 2.75) is 19.1 Å². The summed E-state index contributed by atoms with van der Waals surface area (Å²) in [5.41, 5.74) is 5.63. The molecule has 0 aliphatic carbocycles. The van der Waals surface area contributed by atoms with E-state index in [2.05, 4.69) is 10.3 Å². The summed E-state index contributed by atoms with van der Waals surface area (Å²) < 4.78 is 1.86. The van der Waals surface area contributed by atoms with Gasteiger partial charge in [-0.3, -0.25) is 0 Å². The summed E-state index contributed by atoms with van der Waals surface area (Å²) in [7, 11) is 1.89. The predicted octanol–water partition coefficient (Wildman–Crippen LogP) is -0.460. The number of nitrogens with one attached hydrogen (secondary N) is 1. The molecule has 13 heavy (non-hydrogen) atoms. The topological polar surface area (TPSA) is 76.1 Å². The summed E-state index contributed by atoms with van der Waals surface area (Å²) in [4.78, 5) is 4.06. The normalized spacial score (nSPS) is 15.4. The van der Waals surface area contributed by atoms with Gasteiger partial charge >= 0.3 is 0 Å². The van der Waals surface area contributed by atoms with Crippen molar-refractivity contribution in [3.8, 4) is 0 Å². The Kier molecular flexibility index (Phi) is 3.27. The second kappa shape index (κ2) is 4.25. The lowest BCUT2D eigenvalue weighted by Gasteiger charge is -2.15. The summed E-state index contributed by atoms with van der Waals surface area (Å²) >= 11 is 0. The van der Waals surface area contributed by atoms with Crippen LogP contribution in [0.3, 0.4) is 0 Å². The molecule has 0 fully saturated rings. The van der Waals surface area contributed by atoms with Crippen LogP contribution < -0.4 is 11.1 Å². The van der Waals surface area contributed by atoms with E-state index < -0.39 is 6.10 Å². The maximum Gasteiger partial charge on any atom is 0.202 e. The van der Waals surface area contributed by atoms with Crippen molar-refractivity contribution in [1.29, 1.82) is 0 Å². The Morgan fingerprint density at radius 1 is 1.77 bits per heavy atom. The molecule has 0 radical (unpaired) electrons. The maximum absolute atomic E-state index is 9.13. The number of nitrogens with zero attached hydrogens (tertiary/aromatic N) is 2. The van der Waals surface area contributed by atoms with Crippen LogP contribution in [0, 0.1) is 0 Å². The van der Waals surface area contributed by atoms with Gasteiger partial charge in [-0.2, -0.15) is 0 Å². The van der Waals surface area contributed by atoms with Crippen LogP contribution in [0.4, 0.5) is 5.95 Å². The van der Waals surface area contributed by atoms with E-state index in [1.807, 2.05) is 17.8 Å². The van der Waals surface area contributed by atoms with E-state index in [0.717, 1.165) is 5.95 Å². The molecule has 0 aliphatic heterocycles. The van der Waals surface area contributed by atoms with Crippen molar-refractivity contribution < 1.29 is 5.11 Å². The van der Waals surface area contributed by atoms with E-state index in [4.69, 9.17) is 10.8 Å². The average Bonchev–Trinajstić information content (AvgIpc) is 2.47. The van der Waals surface area contributed by atoms with E-state index >= 15 is 0 Å². The van der Waals surface area contributed by atoms with Gasteiger partial charge in [0.1, 0.15) is 0 Å². The molecule has 2 unspecified atom stereocenters. The van der Waals surface area contributed by atoms with Crippen LogP contribution in [0.5, 0.6) is 0 Å². The molecule has 5 nitrogen and oxygen atoms in total. The molecule has 0 spiro atoms. The molecule has 1 rings (SSSR count). The molecule has 1 aromatic rings. The Morgan fingerprint density at radius 2 is 2.46 bits per heavy atom. The molecule has 0 saturated carbocycles. The lowest BCUT2D eigenvalue weighted by Crippen LogP contribution is -2.39. The van der Waals surface area contributed by atoms with Gasteiger partial charge < -0.3 is 20.7 Å². The summed E-state index contributed by atoms with van der Waals surface area (Å²) in [6.45, 7) is 2.19. The minimum absolute atomic E-state index is 0.267. The minimum Gasteiger partial charge on any atom is -0.392 e. The fourth-order valence-electron chi connectivity index (χ4n) is 0.916. The number of aliphatic hydroxyl groups excluding tert-OH is 1. The van der Waals surface area contributed by atoms with Crippen LogP contribution in [-0.2, 0) is 7.05 Å². The fourth-order valence-corrected chi connectivity index (χ4v) is 0.916. The van der Waals surface area contributed by atoms with Crippen molar-refractivity contribution in [3.05, 3.63) is 12.4 Å². The number of anilines is 1. The van der Waals surface area contributed by atoms with Crippen LogP contribution in [0.25, 0.3) is 0 Å². The van der Waals surface area contributed by atoms with E-state index in [1.54, 1.807) is 13.1 Å². The van der Waals surface area contributed by atoms with Gasteiger partial charge in [0, 0.05) is 32.0 Å². The largest absolute Gasteiger partial charge is 0.392 e. The van der Waals surface area contributed by atoms with Gasteiger partial charge in [0.25, 0.3) is 0 Å². The molecule has 0 saturated heterocycles. The van der Waals surface area contributed by atoms with Gasteiger partial charge in [0.05, 0.1) is 6.10 Å². The van der Waals surface area contributed by atoms with Gasteiger partial charge in [0.15, 0.2) is 0 Å². The molecular formula is C8H16N4O. The first-order valence-corrected chi connectivity index (χ1v) is 4.26. The highest BCUT2D eigenvalue weighted by Gasteiger charge is 2.09. The molecule has 0 amide bonds. The van der Waals surface area contributed by atoms with Crippen LogP contribution in [0.2, 0.25) is 0 Å². The van der Waals surface area contributed by atoms with Gasteiger partial charge in [-0.15, -0.1) is 0 Å². The number of aliphatic hydroxyl groups is 1. The number of nitrogens with two attached hydrogens (primary N) is 1. The van der Waals surface area contributed by atoms with Gasteiger partial charge in [-0.25, -0.2) is 4.98 Å². The first-order valence-electron chi connectivity index (χ1n) is 4.26. The summed E-state index contributed by atoms with van der Waals surface area (Å²) in [6.07, 6.45) is 3.04. The first-order chi connectivity index (χ1) is 6.11. The number of rotatable bonds is 4. The highest BCUT2D eigenvalue weighted by atomic mass is 16.3. The Bertz CT molecular complexity index is 258. The zero-order chi connectivity index (χ0) is 9.84. The Balaban J connectivity index is 2.39. The van der Waals surface area contributed by atoms with Crippen LogP contribution in [-0.4, -0.2) is 33.3 Å². The van der Waals surface area contributed by atoms with E-state index in [9.17, 15) is 0 Å². The zero-order valence-corrected chi connectivity index (χ0v) is 7.94. The van der Waals surface area contributed by atoms with Crippen LogP contribution >= 0.6 is 0 Å². The molecule has 0 bridgehead atoms. The molecule has 1 heterocycles. The highest BCUT2D eigenvalue weighted by molar-refractivity contribution is 5.25. The number of hydrogen-bond donors (Lipinski definition) is 3. The molecule has 0 aliphatic rings. The van der Waals surface area contributed by atoms with Crippen molar-refractivity contribution in [2.75, 3.05) is 11.9 Å². The smallest absolute Gasteiger partial charge is 0.202 e. The van der Waals surface area contributed by atoms with E-state index in [1.165, 1.54) is 0 Å². The standard InChI is InChI=1S/C8H16N4O/c1-6(13)7(9)5-11-8-10-3-4-12(8)2/h3-4,6-7,13H,5,9H2,1-2H3,(H,10,11). The second-order valence-electron chi connectivity index (χ2n) is 3.15. The van der Waals surface area contributed by atoms with E-state index in [-0.39, 0.29) is 6.04 Å². The Labute approximate surface area is 77.6 Å². The number of aryl methyl sites for hydroxylation is 1. The summed E-state index contributed by atoms with van der Waals surface area (Å²) in [5, 5.41) is 12.2. The molecule has 5 heteroatoms. The fraction of sp³-hybridized carbons (Fsp3) is 0.625. The summed E-state index contributed by atoms with van der Waals surface area (Å²) in [5.74, 6) is 0.760. The average molecular weight is 184 g/mol. The van der Waals surface area contributed by atoms with Crippen molar-refractivity contribution >= 4 is 5.95 Å². The van der Waals surface area contributed by atoms with E-state index in [0.29, 0.717) is 6.54 Å². The third-order valence-corrected chi connectivity index (χ3v) is 1.94. The zero-order valence-electron chi connectivity index (χ0n) is 7.94. The van der Waals surface area contributed by atoms with Crippen molar-refractivity contribution in [2.24, 2.45) is 12.8 Å². The third-order valence-electron chi connectivity index (χ3n) is 1.94. The SMILES string of the molecule is CC(O)C(N)CNc1nccn1C. The first kappa shape index (κ1) is 10.0. The molecular weight excluding hydrogens is 168 g/mol. The number of hydrogen-bond acceptors (Lipinski definition) is 4. The van der Waals surface area contributed by atoms with Crippen LogP contribution in [0.1, 0.15) is 6.92 Å². The molecule has 0 aromatic carbocycles. The molecule has 2 atom stereocenters. The molecule has 74 valence electrons. The number of imidazole rings is 1. The lowest BCUT2D eigenvalue weighted by molar-refractivity contribution is 0.168. The van der Waals surface area contributed by atoms with Crippen molar-refractivity contribution in [1.82, 2.24) is 9.55 Å². The maximum atomic E-state index is 9.13. The monoisotopic (exact) mass is 184 g/mol. The van der Waals surface area contributed by atoms with Gasteiger partial charge in [-0.1, -0.05) is 0 Å². The lowest BCUT2D eigenvalue weighted by atomic mass is 10.2. The Morgan fingerprint density at radius 3 is 2.92 bits per heavy atom. The third kappa shape index (κ3) is 2.71. The number of aromatic nitrogens is 2. The van der Waals surface area contributed by atoms with Crippen molar-refractivity contribution in [3.63, 3.8) is 0 Å². The second-order valence-corrected chi connectivity index (χ2v) is 3.15. The van der Waals surface area contributed by atoms with Gasteiger partial charge in [-0.05, 0) is 6.92 Å². The van der Waals surface area contributed by atoms with Gasteiger partial charge in [0.2, 0.25) is 5.95 Å². The van der Waals surface area contributed by atoms with Crippen LogP contribution in [0.15, 0.2) is 12.4 Å². The predicted molar refractivity (Wildman–Crippen MR) is 51.4 cm³/mol. The minimum atomic E-state index is -0.507. The quantitative estimate of drug-likeness (QED) is 0.592. The molecule has 1 aromatic heterocycles. The Hall–Kier alpha value is -1.07. The molecule has 4 N–H and O–H groups in total. The summed E-state index contributed by atoms with van der Waals surface area (Å²) in [6, 6.07) is -0.267.